The molecule has 0 aliphatic heterocycles. The molecule has 0 spiro atoms. The molecule has 0 atom stereocenters. The van der Waals surface area contributed by atoms with E-state index in [0.29, 0.717) is 0 Å². The van der Waals surface area contributed by atoms with Crippen LogP contribution < -0.4 is 5.73 Å². The lowest BCUT2D eigenvalue weighted by molar-refractivity contribution is 0.150. The lowest BCUT2D eigenvalue weighted by Crippen LogP contribution is -2.03. The maximum Gasteiger partial charge on any atom is 0.265 e. The van der Waals surface area contributed by atoms with Crippen molar-refractivity contribution in [1.29, 1.82) is 0 Å². The lowest BCUT2D eigenvalue weighted by Gasteiger charge is -2.06. The molecular formula is C7H7ClF2N2. The highest BCUT2D eigenvalue weighted by molar-refractivity contribution is 6.31. The largest absolute Gasteiger partial charge is 0.326 e. The summed E-state index contributed by atoms with van der Waals surface area (Å²) in [6.07, 6.45) is -0.116. The third kappa shape index (κ3) is 1.70. The second-order valence-corrected chi connectivity index (χ2v) is 2.61. The van der Waals surface area contributed by atoms with Gasteiger partial charge in [-0.05, 0) is 5.56 Å². The van der Waals surface area contributed by atoms with Crippen LogP contribution >= 0.6 is 11.6 Å². The molecule has 66 valence electrons. The SMILES string of the molecule is NCc1cncc(Cl)c1C(F)F. The Bertz CT molecular complexity index is 278. The number of halogens is 3. The van der Waals surface area contributed by atoms with Crippen LogP contribution in [0.3, 0.4) is 0 Å². The van der Waals surface area contributed by atoms with Crippen LogP contribution in [0, 0.1) is 0 Å². The van der Waals surface area contributed by atoms with Crippen molar-refractivity contribution in [3.05, 3.63) is 28.5 Å². The van der Waals surface area contributed by atoms with Gasteiger partial charge in [-0.3, -0.25) is 4.98 Å². The van der Waals surface area contributed by atoms with Gasteiger partial charge in [0.2, 0.25) is 0 Å². The summed E-state index contributed by atoms with van der Waals surface area (Å²) in [5, 5.41) is -0.0343. The number of aromatic nitrogens is 1. The standard InChI is InChI=1S/C7H7ClF2N2/c8-5-3-12-2-4(1-11)6(5)7(9)10/h2-3,7H,1,11H2. The third-order valence-corrected chi connectivity index (χ3v) is 1.76. The molecular weight excluding hydrogens is 186 g/mol. The van der Waals surface area contributed by atoms with Gasteiger partial charge >= 0.3 is 0 Å². The lowest BCUT2D eigenvalue weighted by atomic mass is 10.1. The Morgan fingerprint density at radius 3 is 2.58 bits per heavy atom. The van der Waals surface area contributed by atoms with Crippen molar-refractivity contribution in [2.24, 2.45) is 5.73 Å². The van der Waals surface area contributed by atoms with Gasteiger partial charge in [0, 0.05) is 24.5 Å². The summed E-state index contributed by atoms with van der Waals surface area (Å²) in [5.74, 6) is 0. The maximum atomic E-state index is 12.3. The van der Waals surface area contributed by atoms with E-state index >= 15 is 0 Å². The molecule has 0 radical (unpaired) electrons. The van der Waals surface area contributed by atoms with Crippen LogP contribution in [0.5, 0.6) is 0 Å². The number of pyridine rings is 1. The van der Waals surface area contributed by atoms with Crippen LogP contribution in [0.25, 0.3) is 0 Å². The topological polar surface area (TPSA) is 38.9 Å². The van der Waals surface area contributed by atoms with Gasteiger partial charge < -0.3 is 5.73 Å². The monoisotopic (exact) mass is 192 g/mol. The van der Waals surface area contributed by atoms with E-state index in [1.165, 1.54) is 12.4 Å². The number of nitrogens with zero attached hydrogens (tertiary/aromatic N) is 1. The first-order valence-electron chi connectivity index (χ1n) is 3.27. The van der Waals surface area contributed by atoms with Gasteiger partial charge in [-0.25, -0.2) is 8.78 Å². The van der Waals surface area contributed by atoms with Gasteiger partial charge in [-0.1, -0.05) is 11.6 Å². The Labute approximate surface area is 73.4 Å². The maximum absolute atomic E-state index is 12.3. The molecule has 1 heterocycles. The highest BCUT2D eigenvalue weighted by Gasteiger charge is 2.15. The number of rotatable bonds is 2. The quantitative estimate of drug-likeness (QED) is 0.780. The van der Waals surface area contributed by atoms with Crippen LogP contribution in [-0.4, -0.2) is 4.98 Å². The molecule has 0 saturated heterocycles. The van der Waals surface area contributed by atoms with Gasteiger partial charge in [-0.15, -0.1) is 0 Å². The Morgan fingerprint density at radius 2 is 2.17 bits per heavy atom. The van der Waals surface area contributed by atoms with Crippen LogP contribution in [-0.2, 0) is 6.54 Å². The second-order valence-electron chi connectivity index (χ2n) is 2.20. The minimum atomic E-state index is -2.60. The third-order valence-electron chi connectivity index (χ3n) is 1.46. The fourth-order valence-electron chi connectivity index (χ4n) is 0.892. The molecule has 0 saturated carbocycles. The van der Waals surface area contributed by atoms with E-state index in [1.807, 2.05) is 0 Å². The van der Waals surface area contributed by atoms with E-state index in [2.05, 4.69) is 4.98 Å². The van der Waals surface area contributed by atoms with E-state index in [-0.39, 0.29) is 22.7 Å². The average molecular weight is 193 g/mol. The zero-order chi connectivity index (χ0) is 9.14. The van der Waals surface area contributed by atoms with Crippen molar-refractivity contribution < 1.29 is 8.78 Å². The highest BCUT2D eigenvalue weighted by Crippen LogP contribution is 2.28. The summed E-state index contributed by atoms with van der Waals surface area (Å²) in [5.41, 5.74) is 5.30. The molecule has 0 bridgehead atoms. The zero-order valence-corrected chi connectivity index (χ0v) is 6.85. The van der Waals surface area contributed by atoms with E-state index in [4.69, 9.17) is 17.3 Å². The van der Waals surface area contributed by atoms with Crippen molar-refractivity contribution in [1.82, 2.24) is 4.98 Å². The van der Waals surface area contributed by atoms with Crippen molar-refractivity contribution in [3.8, 4) is 0 Å². The molecule has 1 aromatic heterocycles. The van der Waals surface area contributed by atoms with Crippen LogP contribution in [0.15, 0.2) is 12.4 Å². The molecule has 2 nitrogen and oxygen atoms in total. The predicted molar refractivity (Wildman–Crippen MR) is 42.1 cm³/mol. The Balaban J connectivity index is 3.20. The summed E-state index contributed by atoms with van der Waals surface area (Å²) >= 11 is 5.51. The normalized spacial score (nSPS) is 10.8. The average Bonchev–Trinajstić information content (AvgIpc) is 2.03. The molecule has 0 aromatic carbocycles. The van der Waals surface area contributed by atoms with Crippen LogP contribution in [0.1, 0.15) is 17.6 Å². The summed E-state index contributed by atoms with van der Waals surface area (Å²) in [7, 11) is 0. The minimum absolute atomic E-state index is 0.0211. The summed E-state index contributed by atoms with van der Waals surface area (Å²) < 4.78 is 24.6. The van der Waals surface area contributed by atoms with Crippen LogP contribution in [0.2, 0.25) is 5.02 Å². The Hall–Kier alpha value is -0.740. The molecule has 0 unspecified atom stereocenters. The first-order chi connectivity index (χ1) is 5.66. The van der Waals surface area contributed by atoms with Crippen molar-refractivity contribution in [2.75, 3.05) is 0 Å². The van der Waals surface area contributed by atoms with Gasteiger partial charge in [0.15, 0.2) is 0 Å². The van der Waals surface area contributed by atoms with Gasteiger partial charge in [0.25, 0.3) is 6.43 Å². The second kappa shape index (κ2) is 3.78. The van der Waals surface area contributed by atoms with Gasteiger partial charge in [-0.2, -0.15) is 0 Å². The fraction of sp³-hybridized carbons (Fsp3) is 0.286. The first kappa shape index (κ1) is 9.35. The van der Waals surface area contributed by atoms with Crippen molar-refractivity contribution in [2.45, 2.75) is 13.0 Å². The first-order valence-corrected chi connectivity index (χ1v) is 3.65. The predicted octanol–water partition coefficient (Wildman–Crippen LogP) is 2.13. The molecule has 12 heavy (non-hydrogen) atoms. The fourth-order valence-corrected chi connectivity index (χ4v) is 1.15. The number of hydrogen-bond acceptors (Lipinski definition) is 2. The van der Waals surface area contributed by atoms with E-state index in [9.17, 15) is 8.78 Å². The van der Waals surface area contributed by atoms with Crippen molar-refractivity contribution in [3.63, 3.8) is 0 Å². The molecule has 0 aliphatic carbocycles. The zero-order valence-electron chi connectivity index (χ0n) is 6.10. The summed E-state index contributed by atoms with van der Waals surface area (Å²) in [6.45, 7) is 0.0211. The molecule has 0 aliphatic rings. The Kier molecular flexibility index (Phi) is 2.94. The molecule has 5 heteroatoms. The van der Waals surface area contributed by atoms with Crippen molar-refractivity contribution >= 4 is 11.6 Å². The minimum Gasteiger partial charge on any atom is -0.326 e. The summed E-state index contributed by atoms with van der Waals surface area (Å²) in [6, 6.07) is 0. The van der Waals surface area contributed by atoms with Gasteiger partial charge in [0.1, 0.15) is 0 Å². The number of nitrogens with two attached hydrogens (primary N) is 1. The smallest absolute Gasteiger partial charge is 0.265 e. The van der Waals surface area contributed by atoms with E-state index in [1.54, 1.807) is 0 Å². The molecule has 1 rings (SSSR count). The number of hydrogen-bond donors (Lipinski definition) is 1. The molecule has 0 amide bonds. The van der Waals surface area contributed by atoms with Crippen LogP contribution in [0.4, 0.5) is 8.78 Å². The van der Waals surface area contributed by atoms with Gasteiger partial charge in [0.05, 0.1) is 5.02 Å². The number of alkyl halides is 2. The highest BCUT2D eigenvalue weighted by atomic mass is 35.5. The molecule has 1 aromatic rings. The molecule has 2 N–H and O–H groups in total. The van der Waals surface area contributed by atoms with E-state index < -0.39 is 6.43 Å². The molecule has 0 fully saturated rings. The Morgan fingerprint density at radius 1 is 1.50 bits per heavy atom. The van der Waals surface area contributed by atoms with E-state index in [0.717, 1.165) is 0 Å². The summed E-state index contributed by atoms with van der Waals surface area (Å²) in [4.78, 5) is 3.65.